The van der Waals surface area contributed by atoms with Gasteiger partial charge in [0.05, 0.1) is 31.9 Å². The van der Waals surface area contributed by atoms with Gasteiger partial charge in [0, 0.05) is 17.6 Å². The van der Waals surface area contributed by atoms with Gasteiger partial charge in [-0.1, -0.05) is 30.3 Å². The van der Waals surface area contributed by atoms with E-state index >= 15 is 0 Å². The molecule has 0 aliphatic carbocycles. The molecule has 1 aromatic heterocycles. The van der Waals surface area contributed by atoms with Crippen LogP contribution in [0.15, 0.2) is 60.0 Å². The second-order valence-corrected chi connectivity index (χ2v) is 7.88. The summed E-state index contributed by atoms with van der Waals surface area (Å²) in [5.41, 5.74) is 2.86. The molecule has 0 N–H and O–H groups in total. The number of hydrogen-bond donors (Lipinski definition) is 0. The minimum atomic E-state index is 0.0438. The van der Waals surface area contributed by atoms with Gasteiger partial charge >= 0.3 is 0 Å². The summed E-state index contributed by atoms with van der Waals surface area (Å²) in [6.07, 6.45) is 2.44. The van der Waals surface area contributed by atoms with E-state index in [4.69, 9.17) is 14.5 Å². The fourth-order valence-corrected chi connectivity index (χ4v) is 4.29. The number of nitrogens with zero attached hydrogens (tertiary/aromatic N) is 2. The molecule has 0 bridgehead atoms. The highest BCUT2D eigenvalue weighted by atomic mass is 32.1. The van der Waals surface area contributed by atoms with Crippen LogP contribution < -0.4 is 9.64 Å². The van der Waals surface area contributed by atoms with E-state index < -0.39 is 0 Å². The molecule has 1 atom stereocenters. The van der Waals surface area contributed by atoms with Crippen LogP contribution in [-0.4, -0.2) is 37.3 Å². The molecular weight excluding hydrogens is 384 g/mol. The van der Waals surface area contributed by atoms with Crippen molar-refractivity contribution >= 4 is 22.4 Å². The lowest BCUT2D eigenvalue weighted by Crippen LogP contribution is -2.38. The first-order chi connectivity index (χ1) is 14.2. The lowest BCUT2D eigenvalue weighted by molar-refractivity contribution is -0.118. The van der Waals surface area contributed by atoms with Crippen LogP contribution in [0.5, 0.6) is 5.75 Å². The Labute approximate surface area is 174 Å². The Hall–Kier alpha value is -2.70. The summed E-state index contributed by atoms with van der Waals surface area (Å²) in [7, 11) is 1.65. The molecule has 0 unspecified atom stereocenters. The van der Waals surface area contributed by atoms with E-state index in [0.717, 1.165) is 42.0 Å². The van der Waals surface area contributed by atoms with Crippen molar-refractivity contribution in [3.05, 3.63) is 65.5 Å². The highest BCUT2D eigenvalue weighted by molar-refractivity contribution is 7.14. The van der Waals surface area contributed by atoms with Crippen molar-refractivity contribution < 1.29 is 14.3 Å². The molecule has 2 heterocycles. The van der Waals surface area contributed by atoms with E-state index in [0.29, 0.717) is 18.1 Å². The van der Waals surface area contributed by atoms with Gasteiger partial charge in [-0.25, -0.2) is 4.98 Å². The Kier molecular flexibility index (Phi) is 6.22. The van der Waals surface area contributed by atoms with E-state index in [1.165, 1.54) is 11.3 Å². The monoisotopic (exact) mass is 408 g/mol. The minimum absolute atomic E-state index is 0.0438. The summed E-state index contributed by atoms with van der Waals surface area (Å²) in [6, 6.07) is 17.6. The number of anilines is 1. The Morgan fingerprint density at radius 2 is 2.00 bits per heavy atom. The van der Waals surface area contributed by atoms with Crippen LogP contribution >= 0.6 is 11.3 Å². The largest absolute Gasteiger partial charge is 0.497 e. The van der Waals surface area contributed by atoms with Crippen LogP contribution in [0.2, 0.25) is 0 Å². The molecule has 6 heteroatoms. The van der Waals surface area contributed by atoms with Crippen molar-refractivity contribution in [3.8, 4) is 17.0 Å². The van der Waals surface area contributed by atoms with Gasteiger partial charge < -0.3 is 9.47 Å². The van der Waals surface area contributed by atoms with Crippen molar-refractivity contribution in [3.63, 3.8) is 0 Å². The molecule has 1 aliphatic rings. The third kappa shape index (κ3) is 4.83. The van der Waals surface area contributed by atoms with Crippen molar-refractivity contribution in [2.24, 2.45) is 0 Å². The van der Waals surface area contributed by atoms with E-state index in [2.05, 4.69) is 0 Å². The molecule has 1 aliphatic heterocycles. The average Bonchev–Trinajstić information content (AvgIpc) is 3.45. The van der Waals surface area contributed by atoms with Crippen LogP contribution in [0.25, 0.3) is 11.3 Å². The van der Waals surface area contributed by atoms with E-state index in [-0.39, 0.29) is 12.0 Å². The fourth-order valence-electron chi connectivity index (χ4n) is 3.43. The summed E-state index contributed by atoms with van der Waals surface area (Å²) in [4.78, 5) is 19.7. The minimum Gasteiger partial charge on any atom is -0.497 e. The van der Waals surface area contributed by atoms with E-state index in [9.17, 15) is 4.79 Å². The predicted octanol–water partition coefficient (Wildman–Crippen LogP) is 4.57. The number of carbonyl (C=O) groups is 1. The molecule has 0 spiro atoms. The van der Waals surface area contributed by atoms with Gasteiger partial charge in [0.1, 0.15) is 5.75 Å². The summed E-state index contributed by atoms with van der Waals surface area (Å²) in [5.74, 6) is 0.851. The Balaban J connectivity index is 1.56. The number of rotatable bonds is 7. The van der Waals surface area contributed by atoms with Crippen molar-refractivity contribution in [1.82, 2.24) is 4.98 Å². The normalized spacial score (nSPS) is 16.0. The topological polar surface area (TPSA) is 51.7 Å². The summed E-state index contributed by atoms with van der Waals surface area (Å²) in [6.45, 7) is 1.31. The SMILES string of the molecule is COc1ccc(-c2csc(N(C[C@H]3CCCO3)C(=O)Cc3ccccc3)n2)cc1. The first-order valence-corrected chi connectivity index (χ1v) is 10.7. The van der Waals surface area contributed by atoms with Gasteiger partial charge in [0.15, 0.2) is 5.13 Å². The number of ether oxygens (including phenoxy) is 2. The number of aromatic nitrogens is 1. The van der Waals surface area contributed by atoms with Crippen molar-refractivity contribution in [2.45, 2.75) is 25.4 Å². The van der Waals surface area contributed by atoms with Crippen LogP contribution in [0.1, 0.15) is 18.4 Å². The Morgan fingerprint density at radius 1 is 1.21 bits per heavy atom. The molecule has 1 amide bonds. The molecule has 150 valence electrons. The molecular formula is C23H24N2O3S. The predicted molar refractivity (Wildman–Crippen MR) is 116 cm³/mol. The summed E-state index contributed by atoms with van der Waals surface area (Å²) < 4.78 is 11.0. The number of benzene rings is 2. The van der Waals surface area contributed by atoms with Crippen LogP contribution in [-0.2, 0) is 16.0 Å². The number of amides is 1. The lowest BCUT2D eigenvalue weighted by Gasteiger charge is -2.23. The Bertz CT molecular complexity index is 934. The van der Waals surface area contributed by atoms with Crippen LogP contribution in [0.3, 0.4) is 0 Å². The number of thiazole rings is 1. The maximum Gasteiger partial charge on any atom is 0.233 e. The quantitative estimate of drug-likeness (QED) is 0.574. The zero-order valence-corrected chi connectivity index (χ0v) is 17.2. The Morgan fingerprint density at radius 3 is 2.69 bits per heavy atom. The van der Waals surface area contributed by atoms with Gasteiger partial charge in [-0.15, -0.1) is 11.3 Å². The summed E-state index contributed by atoms with van der Waals surface area (Å²) in [5, 5.41) is 2.71. The average molecular weight is 409 g/mol. The second kappa shape index (κ2) is 9.20. The molecule has 4 rings (SSSR count). The van der Waals surface area contributed by atoms with E-state index in [1.807, 2.05) is 60.0 Å². The highest BCUT2D eigenvalue weighted by Crippen LogP contribution is 2.30. The maximum atomic E-state index is 13.2. The highest BCUT2D eigenvalue weighted by Gasteiger charge is 2.26. The van der Waals surface area contributed by atoms with Gasteiger partial charge in [-0.3, -0.25) is 9.69 Å². The molecule has 3 aromatic rings. The molecule has 0 saturated carbocycles. The standard InChI is InChI=1S/C23H24N2O3S/c1-27-19-11-9-18(10-12-19)21-16-29-23(24-21)25(15-20-8-5-13-28-20)22(26)14-17-6-3-2-4-7-17/h2-4,6-7,9-12,16,20H,5,8,13-15H2,1H3/t20-/m1/s1. The first kappa shape index (κ1) is 19.6. The van der Waals surface area contributed by atoms with Crippen molar-refractivity contribution in [2.75, 3.05) is 25.2 Å². The molecule has 5 nitrogen and oxygen atoms in total. The van der Waals surface area contributed by atoms with Gasteiger partial charge in [0.25, 0.3) is 0 Å². The molecule has 0 radical (unpaired) electrons. The summed E-state index contributed by atoms with van der Waals surface area (Å²) >= 11 is 1.49. The molecule has 2 aromatic carbocycles. The number of carbonyl (C=O) groups excluding carboxylic acids is 1. The van der Waals surface area contributed by atoms with Gasteiger partial charge in [0.2, 0.25) is 5.91 Å². The zero-order chi connectivity index (χ0) is 20.1. The van der Waals surface area contributed by atoms with Crippen LogP contribution in [0, 0.1) is 0 Å². The zero-order valence-electron chi connectivity index (χ0n) is 16.4. The second-order valence-electron chi connectivity index (χ2n) is 7.05. The first-order valence-electron chi connectivity index (χ1n) is 9.79. The fraction of sp³-hybridized carbons (Fsp3) is 0.304. The van der Waals surface area contributed by atoms with Gasteiger partial charge in [-0.2, -0.15) is 0 Å². The number of hydrogen-bond acceptors (Lipinski definition) is 5. The number of methoxy groups -OCH3 is 1. The van der Waals surface area contributed by atoms with Crippen LogP contribution in [0.4, 0.5) is 5.13 Å². The molecule has 1 saturated heterocycles. The van der Waals surface area contributed by atoms with Gasteiger partial charge in [-0.05, 0) is 42.7 Å². The lowest BCUT2D eigenvalue weighted by atomic mass is 10.1. The molecule has 29 heavy (non-hydrogen) atoms. The van der Waals surface area contributed by atoms with Crippen molar-refractivity contribution in [1.29, 1.82) is 0 Å². The smallest absolute Gasteiger partial charge is 0.233 e. The molecule has 1 fully saturated rings. The maximum absolute atomic E-state index is 13.2. The van der Waals surface area contributed by atoms with E-state index in [1.54, 1.807) is 12.0 Å². The third-order valence-electron chi connectivity index (χ3n) is 5.02. The third-order valence-corrected chi connectivity index (χ3v) is 5.88.